The van der Waals surface area contributed by atoms with Gasteiger partial charge in [-0.1, -0.05) is 6.07 Å². The van der Waals surface area contributed by atoms with Gasteiger partial charge in [0.2, 0.25) is 11.7 Å². The number of aromatic hydroxyl groups is 1. The van der Waals surface area contributed by atoms with Crippen molar-refractivity contribution in [1.29, 1.82) is 0 Å². The maximum atomic E-state index is 14.7. The van der Waals surface area contributed by atoms with Crippen molar-refractivity contribution in [2.45, 2.75) is 65.3 Å². The fourth-order valence-corrected chi connectivity index (χ4v) is 3.85. The molecule has 3 rings (SSSR count). The first-order chi connectivity index (χ1) is 17.5. The first-order valence-corrected chi connectivity index (χ1v) is 12.2. The van der Waals surface area contributed by atoms with Crippen LogP contribution in [-0.2, 0) is 16.1 Å². The van der Waals surface area contributed by atoms with Crippen LogP contribution in [0.4, 0.5) is 10.2 Å². The molecule has 2 aromatic heterocycles. The number of hydrogen-bond acceptors (Lipinski definition) is 7. The molecule has 0 aliphatic heterocycles. The molecule has 0 radical (unpaired) electrons. The van der Waals surface area contributed by atoms with Crippen molar-refractivity contribution >= 4 is 11.7 Å². The van der Waals surface area contributed by atoms with Crippen LogP contribution in [0.25, 0.3) is 0 Å². The molecule has 0 bridgehead atoms. The number of rotatable bonds is 13. The van der Waals surface area contributed by atoms with E-state index >= 15 is 0 Å². The molecule has 0 spiro atoms. The minimum Gasteiger partial charge on any atom is -0.494 e. The fraction of sp³-hybridized carbons (Fsp3) is 0.462. The van der Waals surface area contributed by atoms with E-state index in [4.69, 9.17) is 14.2 Å². The molecule has 0 saturated carbocycles. The summed E-state index contributed by atoms with van der Waals surface area (Å²) in [6.07, 6.45) is 3.01. The van der Waals surface area contributed by atoms with Gasteiger partial charge in [0.25, 0.3) is 0 Å². The lowest BCUT2D eigenvalue weighted by Gasteiger charge is -2.22. The number of carbonyl (C=O) groups is 1. The van der Waals surface area contributed by atoms with Crippen LogP contribution < -0.4 is 14.8 Å². The number of benzene rings is 1. The van der Waals surface area contributed by atoms with Gasteiger partial charge in [0.05, 0.1) is 31.1 Å². The van der Waals surface area contributed by atoms with Gasteiger partial charge in [0, 0.05) is 31.4 Å². The van der Waals surface area contributed by atoms with E-state index in [1.165, 1.54) is 33.6 Å². The Bertz CT molecular complexity index is 1190. The van der Waals surface area contributed by atoms with Crippen molar-refractivity contribution < 1.29 is 33.6 Å². The Balaban J connectivity index is 1.84. The Hall–Kier alpha value is -3.57. The lowest BCUT2D eigenvalue weighted by molar-refractivity contribution is -0.120. The van der Waals surface area contributed by atoms with Crippen LogP contribution in [0.3, 0.4) is 0 Å². The van der Waals surface area contributed by atoms with E-state index in [1.807, 2.05) is 13.8 Å². The fourth-order valence-electron chi connectivity index (χ4n) is 3.85. The number of hydrogen-bond donors (Lipinski definition) is 3. The number of ether oxygens (including phenoxy) is 3. The highest BCUT2D eigenvalue weighted by Gasteiger charge is 2.27. The smallest absolute Gasteiger partial charge is 0.248 e. The van der Waals surface area contributed by atoms with E-state index in [0.717, 1.165) is 0 Å². The van der Waals surface area contributed by atoms with Gasteiger partial charge in [0.1, 0.15) is 11.8 Å². The van der Waals surface area contributed by atoms with Crippen LogP contribution >= 0.6 is 0 Å². The highest BCUT2D eigenvalue weighted by atomic mass is 19.1. The van der Waals surface area contributed by atoms with E-state index in [9.17, 15) is 19.4 Å². The van der Waals surface area contributed by atoms with E-state index in [2.05, 4.69) is 10.4 Å². The second-order valence-electron chi connectivity index (χ2n) is 9.26. The third-order valence-electron chi connectivity index (χ3n) is 5.34. The number of nitrogens with one attached hydrogen (secondary N) is 1. The zero-order chi connectivity index (χ0) is 27.2. The third kappa shape index (κ3) is 7.70. The van der Waals surface area contributed by atoms with E-state index < -0.39 is 23.4 Å². The van der Waals surface area contributed by atoms with Crippen LogP contribution in [-0.4, -0.2) is 55.4 Å². The molecule has 11 heteroatoms. The van der Waals surface area contributed by atoms with Crippen LogP contribution in [0.1, 0.15) is 47.1 Å². The Morgan fingerprint density at radius 2 is 1.95 bits per heavy atom. The lowest BCUT2D eigenvalue weighted by atomic mass is 10.1. The molecule has 37 heavy (non-hydrogen) atoms. The van der Waals surface area contributed by atoms with Crippen LogP contribution in [0.15, 0.2) is 42.7 Å². The summed E-state index contributed by atoms with van der Waals surface area (Å²) in [5.74, 6) is -0.950. The van der Waals surface area contributed by atoms with Crippen molar-refractivity contribution in [3.63, 3.8) is 0 Å². The second-order valence-corrected chi connectivity index (χ2v) is 9.26. The molecule has 1 amide bonds. The number of anilines is 1. The summed E-state index contributed by atoms with van der Waals surface area (Å²) < 4.78 is 34.2. The van der Waals surface area contributed by atoms with Gasteiger partial charge in [-0.05, 0) is 46.8 Å². The van der Waals surface area contributed by atoms with Gasteiger partial charge in [-0.2, -0.15) is 9.49 Å². The monoisotopic (exact) mass is 518 g/mol. The molecule has 3 aromatic rings. The molecular weight excluding hydrogens is 483 g/mol. The molecule has 0 unspecified atom stereocenters. The summed E-state index contributed by atoms with van der Waals surface area (Å²) in [5, 5.41) is 27.7. The molecule has 10 nitrogen and oxygen atoms in total. The average molecular weight is 519 g/mol. The van der Waals surface area contributed by atoms with E-state index in [-0.39, 0.29) is 42.2 Å². The maximum Gasteiger partial charge on any atom is 0.248 e. The zero-order valence-corrected chi connectivity index (χ0v) is 21.8. The molecule has 1 aromatic carbocycles. The molecule has 0 fully saturated rings. The molecule has 0 aliphatic rings. The summed E-state index contributed by atoms with van der Waals surface area (Å²) in [5.41, 5.74) is -0.974. The van der Waals surface area contributed by atoms with Crippen LogP contribution in [0.2, 0.25) is 0 Å². The van der Waals surface area contributed by atoms with Crippen molar-refractivity contribution in [1.82, 2.24) is 14.3 Å². The first-order valence-electron chi connectivity index (χ1n) is 12.2. The maximum absolute atomic E-state index is 14.7. The molecule has 202 valence electrons. The predicted octanol–water partition coefficient (Wildman–Crippen LogP) is 4.49. The summed E-state index contributed by atoms with van der Waals surface area (Å²) in [7, 11) is 0. The average Bonchev–Trinajstić information content (AvgIpc) is 3.39. The molecule has 0 aliphatic carbocycles. The van der Waals surface area contributed by atoms with Crippen LogP contribution in [0, 0.1) is 5.82 Å². The highest BCUT2D eigenvalue weighted by Crippen LogP contribution is 2.35. The largest absolute Gasteiger partial charge is 0.494 e. The summed E-state index contributed by atoms with van der Waals surface area (Å²) in [6.45, 7) is 9.74. The molecule has 2 atom stereocenters. The van der Waals surface area contributed by atoms with Crippen molar-refractivity contribution in [2.75, 3.05) is 18.5 Å². The Morgan fingerprint density at radius 1 is 1.22 bits per heavy atom. The van der Waals surface area contributed by atoms with Gasteiger partial charge < -0.3 is 34.3 Å². The predicted molar refractivity (Wildman–Crippen MR) is 136 cm³/mol. The zero-order valence-electron chi connectivity index (χ0n) is 21.8. The summed E-state index contributed by atoms with van der Waals surface area (Å²) >= 11 is 0. The third-order valence-corrected chi connectivity index (χ3v) is 5.34. The van der Waals surface area contributed by atoms with Gasteiger partial charge in [-0.15, -0.1) is 0 Å². The molecule has 2 heterocycles. The molecule has 3 N–H and O–H groups in total. The molecular formula is C26H35FN4O6. The standard InChI is InChI=1S/C26H35FN4O6/c1-6-35-17(3)13-19(25(33)28-22-11-12-30(29-22)16-26(4,5)34)31-15-18(14-23(31)32)37-21-10-8-9-20(24(21)27)36-7-2/h8-12,14-15,17,19,32,34H,6-7,13,16H2,1-5H3,(H,28,29,33)/t17-,19-/m0/s1. The molecule has 0 saturated heterocycles. The number of nitrogens with zero attached hydrogens (tertiary/aromatic N) is 3. The van der Waals surface area contributed by atoms with Gasteiger partial charge >= 0.3 is 0 Å². The van der Waals surface area contributed by atoms with E-state index in [1.54, 1.807) is 39.1 Å². The minimum atomic E-state index is -0.974. The van der Waals surface area contributed by atoms with Crippen molar-refractivity contribution in [2.24, 2.45) is 0 Å². The first kappa shape index (κ1) is 28.0. The normalized spacial score (nSPS) is 13.3. The SMILES string of the molecule is CCOc1cccc(Oc2cc(O)n([C@@H](C[C@H](C)OCC)C(=O)Nc3ccn(CC(C)(C)O)n3)c2)c1F. The number of carbonyl (C=O) groups excluding carboxylic acids is 1. The van der Waals surface area contributed by atoms with Gasteiger partial charge in [-0.3, -0.25) is 9.48 Å². The van der Waals surface area contributed by atoms with Gasteiger partial charge in [0.15, 0.2) is 23.2 Å². The van der Waals surface area contributed by atoms with E-state index in [0.29, 0.717) is 19.0 Å². The number of halogens is 1. The van der Waals surface area contributed by atoms with Crippen molar-refractivity contribution in [3.8, 4) is 23.1 Å². The Morgan fingerprint density at radius 3 is 2.62 bits per heavy atom. The number of aromatic nitrogens is 3. The highest BCUT2D eigenvalue weighted by molar-refractivity contribution is 5.93. The second kappa shape index (κ2) is 12.1. The Kier molecular flexibility index (Phi) is 9.17. The van der Waals surface area contributed by atoms with Crippen molar-refractivity contribution in [3.05, 3.63) is 48.5 Å². The van der Waals surface area contributed by atoms with Gasteiger partial charge in [-0.25, -0.2) is 0 Å². The lowest BCUT2D eigenvalue weighted by Crippen LogP contribution is -2.29. The Labute approximate surface area is 215 Å². The number of amides is 1. The number of aliphatic hydroxyl groups is 1. The summed E-state index contributed by atoms with van der Waals surface area (Å²) in [6, 6.07) is 6.56. The topological polar surface area (TPSA) is 120 Å². The quantitative estimate of drug-likeness (QED) is 0.305. The minimum absolute atomic E-state index is 0.0514. The summed E-state index contributed by atoms with van der Waals surface area (Å²) in [4.78, 5) is 13.3. The van der Waals surface area contributed by atoms with Crippen LogP contribution in [0.5, 0.6) is 23.1 Å².